The molecule has 0 aliphatic rings. The van der Waals surface area contributed by atoms with Crippen LogP contribution in [0, 0.1) is 0 Å². The van der Waals surface area contributed by atoms with E-state index in [0.29, 0.717) is 17.9 Å². The molecule has 0 bridgehead atoms. The number of carbonyl (C=O) groups excluding carboxylic acids is 1. The Kier molecular flexibility index (Phi) is 6.54. The molecule has 0 saturated heterocycles. The Balaban J connectivity index is 1.53. The molecule has 0 aliphatic heterocycles. The van der Waals surface area contributed by atoms with Crippen molar-refractivity contribution in [3.8, 4) is 5.75 Å². The third-order valence-electron chi connectivity index (χ3n) is 5.43. The Morgan fingerprint density at radius 1 is 0.871 bits per heavy atom. The average molecular weight is 430 g/mol. The number of hydrogen-bond acceptors (Lipinski definition) is 2. The summed E-state index contributed by atoms with van der Waals surface area (Å²) in [4.78, 5) is 12.9. The normalized spacial score (nSPS) is 11.8. The van der Waals surface area contributed by atoms with Gasteiger partial charge in [0.1, 0.15) is 5.75 Å². The van der Waals surface area contributed by atoms with E-state index in [4.69, 9.17) is 16.3 Å². The van der Waals surface area contributed by atoms with Gasteiger partial charge in [-0.3, -0.25) is 4.79 Å². The molecule has 1 amide bonds. The van der Waals surface area contributed by atoms with E-state index in [9.17, 15) is 4.79 Å². The first-order valence-corrected chi connectivity index (χ1v) is 10.7. The van der Waals surface area contributed by atoms with Crippen LogP contribution in [0.15, 0.2) is 91.0 Å². The molecule has 1 atom stereocenters. The minimum Gasteiger partial charge on any atom is -0.496 e. The zero-order chi connectivity index (χ0) is 21.6. The van der Waals surface area contributed by atoms with Crippen LogP contribution in [0.1, 0.15) is 29.2 Å². The van der Waals surface area contributed by atoms with Crippen LogP contribution in [-0.2, 0) is 11.2 Å². The number of halogens is 1. The molecule has 4 rings (SSSR count). The molecule has 1 N–H and O–H groups in total. The lowest BCUT2D eigenvalue weighted by molar-refractivity contribution is -0.121. The molecule has 3 nitrogen and oxygen atoms in total. The highest BCUT2D eigenvalue weighted by molar-refractivity contribution is 6.30. The maximum absolute atomic E-state index is 12.9. The van der Waals surface area contributed by atoms with Gasteiger partial charge in [0.15, 0.2) is 0 Å². The van der Waals surface area contributed by atoms with E-state index in [1.807, 2.05) is 78.9 Å². The van der Waals surface area contributed by atoms with Gasteiger partial charge in [-0.05, 0) is 46.7 Å². The lowest BCUT2D eigenvalue weighted by Crippen LogP contribution is -2.29. The van der Waals surface area contributed by atoms with E-state index in [1.54, 1.807) is 7.11 Å². The molecule has 0 spiro atoms. The largest absolute Gasteiger partial charge is 0.496 e. The molecule has 0 saturated carbocycles. The van der Waals surface area contributed by atoms with Crippen LogP contribution in [0.2, 0.25) is 5.02 Å². The van der Waals surface area contributed by atoms with Crippen LogP contribution < -0.4 is 10.1 Å². The Bertz CT molecular complexity index is 1190. The van der Waals surface area contributed by atoms with Crippen LogP contribution >= 0.6 is 11.6 Å². The van der Waals surface area contributed by atoms with Crippen LogP contribution in [0.25, 0.3) is 10.8 Å². The molecule has 0 heterocycles. The van der Waals surface area contributed by atoms with Gasteiger partial charge in [-0.15, -0.1) is 0 Å². The van der Waals surface area contributed by atoms with Crippen LogP contribution in [0.4, 0.5) is 0 Å². The second kappa shape index (κ2) is 9.67. The van der Waals surface area contributed by atoms with Gasteiger partial charge in [0, 0.05) is 16.8 Å². The average Bonchev–Trinajstić information content (AvgIpc) is 2.81. The van der Waals surface area contributed by atoms with Crippen LogP contribution in [0.3, 0.4) is 0 Å². The van der Waals surface area contributed by atoms with Crippen LogP contribution in [-0.4, -0.2) is 13.0 Å². The van der Waals surface area contributed by atoms with E-state index in [-0.39, 0.29) is 11.9 Å². The van der Waals surface area contributed by atoms with Gasteiger partial charge < -0.3 is 10.1 Å². The number of ether oxygens (including phenoxy) is 1. The van der Waals surface area contributed by atoms with Crippen molar-refractivity contribution in [2.24, 2.45) is 0 Å². The van der Waals surface area contributed by atoms with Gasteiger partial charge in [0.25, 0.3) is 0 Å². The summed E-state index contributed by atoms with van der Waals surface area (Å²) >= 11 is 6.21. The minimum absolute atomic E-state index is 0.00581. The minimum atomic E-state index is -0.250. The lowest BCUT2D eigenvalue weighted by Gasteiger charge is -2.20. The number of amides is 1. The number of nitrogens with one attached hydrogen (secondary N) is 1. The predicted molar refractivity (Wildman–Crippen MR) is 127 cm³/mol. The molecule has 0 aromatic heterocycles. The van der Waals surface area contributed by atoms with Crippen molar-refractivity contribution in [2.75, 3.05) is 7.11 Å². The quantitative estimate of drug-likeness (QED) is 0.372. The Morgan fingerprint density at radius 3 is 2.35 bits per heavy atom. The molecular weight excluding hydrogens is 406 g/mol. The van der Waals surface area contributed by atoms with Gasteiger partial charge in [-0.1, -0.05) is 84.4 Å². The van der Waals surface area contributed by atoms with Crippen molar-refractivity contribution in [3.05, 3.63) is 113 Å². The first-order valence-electron chi connectivity index (χ1n) is 10.3. The van der Waals surface area contributed by atoms with Crippen molar-refractivity contribution < 1.29 is 9.53 Å². The fraction of sp³-hybridized carbons (Fsp3) is 0.148. The molecule has 0 radical (unpaired) electrons. The maximum atomic E-state index is 12.9. The molecule has 0 aliphatic carbocycles. The summed E-state index contributed by atoms with van der Waals surface area (Å²) in [7, 11) is 1.68. The van der Waals surface area contributed by atoms with Crippen molar-refractivity contribution in [3.63, 3.8) is 0 Å². The van der Waals surface area contributed by atoms with Crippen molar-refractivity contribution in [2.45, 2.75) is 18.9 Å². The maximum Gasteiger partial charge on any atom is 0.221 e. The SMILES string of the molecule is COc1cccc2c(CCC(=O)NC(c3ccccc3)c3cccc(Cl)c3)cccc12. The number of hydrogen-bond donors (Lipinski definition) is 1. The Hall–Kier alpha value is -3.30. The zero-order valence-electron chi connectivity index (χ0n) is 17.3. The Labute approximate surface area is 187 Å². The molecule has 4 aromatic rings. The van der Waals surface area contributed by atoms with Gasteiger partial charge in [0.2, 0.25) is 5.91 Å². The van der Waals surface area contributed by atoms with Crippen molar-refractivity contribution in [1.82, 2.24) is 5.32 Å². The van der Waals surface area contributed by atoms with Crippen LogP contribution in [0.5, 0.6) is 5.75 Å². The molecular formula is C27H24ClNO2. The second-order valence-electron chi connectivity index (χ2n) is 7.44. The third kappa shape index (κ3) is 4.89. The molecule has 4 aromatic carbocycles. The number of rotatable bonds is 7. The topological polar surface area (TPSA) is 38.3 Å². The van der Waals surface area contributed by atoms with Gasteiger partial charge >= 0.3 is 0 Å². The zero-order valence-corrected chi connectivity index (χ0v) is 18.1. The summed E-state index contributed by atoms with van der Waals surface area (Å²) in [6.45, 7) is 0. The van der Waals surface area contributed by atoms with E-state index in [1.165, 1.54) is 0 Å². The summed E-state index contributed by atoms with van der Waals surface area (Å²) < 4.78 is 5.48. The fourth-order valence-electron chi connectivity index (χ4n) is 3.91. The first-order chi connectivity index (χ1) is 15.2. The summed E-state index contributed by atoms with van der Waals surface area (Å²) in [5.74, 6) is 0.836. The predicted octanol–water partition coefficient (Wildman–Crippen LogP) is 6.34. The first kappa shape index (κ1) is 21.0. The second-order valence-corrected chi connectivity index (χ2v) is 7.88. The summed E-state index contributed by atoms with van der Waals surface area (Å²) in [5, 5.41) is 6.02. The fourth-order valence-corrected chi connectivity index (χ4v) is 4.11. The van der Waals surface area contributed by atoms with Crippen molar-refractivity contribution >= 4 is 28.3 Å². The van der Waals surface area contributed by atoms with E-state index in [2.05, 4.69) is 17.4 Å². The molecule has 0 fully saturated rings. The standard InChI is InChI=1S/C27H24ClNO2/c1-31-25-15-7-13-23-19(10-6-14-24(23)25)16-17-26(30)29-27(20-8-3-2-4-9-20)21-11-5-12-22(28)18-21/h2-15,18,27H,16-17H2,1H3,(H,29,30). The van der Waals surface area contributed by atoms with E-state index in [0.717, 1.165) is 33.2 Å². The highest BCUT2D eigenvalue weighted by atomic mass is 35.5. The molecule has 156 valence electrons. The van der Waals surface area contributed by atoms with Gasteiger partial charge in [-0.2, -0.15) is 0 Å². The number of carbonyl (C=O) groups is 1. The smallest absolute Gasteiger partial charge is 0.221 e. The Morgan fingerprint density at radius 2 is 1.58 bits per heavy atom. The number of fused-ring (bicyclic) bond motifs is 1. The number of benzene rings is 4. The lowest BCUT2D eigenvalue weighted by atomic mass is 9.97. The summed E-state index contributed by atoms with van der Waals surface area (Å²) in [6.07, 6.45) is 1.04. The van der Waals surface area contributed by atoms with Gasteiger partial charge in [-0.25, -0.2) is 0 Å². The molecule has 4 heteroatoms. The van der Waals surface area contributed by atoms with Gasteiger partial charge in [0.05, 0.1) is 13.2 Å². The highest BCUT2D eigenvalue weighted by Crippen LogP contribution is 2.29. The molecule has 1 unspecified atom stereocenters. The summed E-state index contributed by atoms with van der Waals surface area (Å²) in [6, 6.07) is 29.5. The monoisotopic (exact) mass is 429 g/mol. The third-order valence-corrected chi connectivity index (χ3v) is 5.67. The van der Waals surface area contributed by atoms with E-state index >= 15 is 0 Å². The highest BCUT2D eigenvalue weighted by Gasteiger charge is 2.17. The van der Waals surface area contributed by atoms with E-state index < -0.39 is 0 Å². The molecule has 31 heavy (non-hydrogen) atoms. The number of aryl methyl sites for hydroxylation is 1. The van der Waals surface area contributed by atoms with Crippen molar-refractivity contribution in [1.29, 1.82) is 0 Å². The number of methoxy groups -OCH3 is 1. The summed E-state index contributed by atoms with van der Waals surface area (Å²) in [5.41, 5.74) is 3.11.